The lowest BCUT2D eigenvalue weighted by molar-refractivity contribution is 0.0410. The fourth-order valence-electron chi connectivity index (χ4n) is 2.36. The van der Waals surface area contributed by atoms with Crippen molar-refractivity contribution in [3.8, 4) is 5.69 Å². The number of benzene rings is 1. The van der Waals surface area contributed by atoms with Gasteiger partial charge in [-0.2, -0.15) is 16.9 Å². The molecular weight excluding hydrogens is 282 g/mol. The molecule has 0 unspecified atom stereocenters. The number of hydrogen-bond donors (Lipinski definition) is 0. The van der Waals surface area contributed by atoms with Crippen LogP contribution in [0, 0.1) is 0 Å². The molecule has 0 atom stereocenters. The standard InChI is InChI=1S/C16H21N3OS/c1-2-4-16(5-3-1)19-7-6-15(17-19)14-21-13-10-18-8-11-20-12-9-18/h1-7H,8-14H2. The van der Waals surface area contributed by atoms with Crippen molar-refractivity contribution in [3.05, 3.63) is 48.3 Å². The molecule has 4 nitrogen and oxygen atoms in total. The fraction of sp³-hybridized carbons (Fsp3) is 0.438. The number of para-hydroxylation sites is 1. The van der Waals surface area contributed by atoms with E-state index in [-0.39, 0.29) is 0 Å². The van der Waals surface area contributed by atoms with Crippen molar-refractivity contribution in [1.29, 1.82) is 0 Å². The van der Waals surface area contributed by atoms with E-state index in [1.165, 1.54) is 0 Å². The summed E-state index contributed by atoms with van der Waals surface area (Å²) >= 11 is 1.95. The van der Waals surface area contributed by atoms with Crippen LogP contribution in [0.25, 0.3) is 5.69 Å². The molecule has 3 rings (SSSR count). The first kappa shape index (κ1) is 14.6. The molecule has 0 radical (unpaired) electrons. The molecule has 5 heteroatoms. The zero-order valence-electron chi connectivity index (χ0n) is 12.1. The van der Waals surface area contributed by atoms with Crippen LogP contribution in [0.5, 0.6) is 0 Å². The molecule has 0 spiro atoms. The van der Waals surface area contributed by atoms with Gasteiger partial charge in [0.1, 0.15) is 0 Å². The lowest BCUT2D eigenvalue weighted by Gasteiger charge is -2.26. The lowest BCUT2D eigenvalue weighted by atomic mass is 10.3. The highest BCUT2D eigenvalue weighted by Gasteiger charge is 2.09. The molecule has 0 N–H and O–H groups in total. The summed E-state index contributed by atoms with van der Waals surface area (Å²) in [5.41, 5.74) is 2.26. The van der Waals surface area contributed by atoms with Gasteiger partial charge in [-0.25, -0.2) is 4.68 Å². The number of ether oxygens (including phenoxy) is 1. The second kappa shape index (κ2) is 7.64. The zero-order valence-corrected chi connectivity index (χ0v) is 13.0. The minimum Gasteiger partial charge on any atom is -0.379 e. The van der Waals surface area contributed by atoms with Crippen molar-refractivity contribution in [3.63, 3.8) is 0 Å². The Morgan fingerprint density at radius 3 is 2.71 bits per heavy atom. The van der Waals surface area contributed by atoms with E-state index in [9.17, 15) is 0 Å². The molecule has 1 aliphatic heterocycles. The topological polar surface area (TPSA) is 30.3 Å². The van der Waals surface area contributed by atoms with Crippen molar-refractivity contribution in [1.82, 2.24) is 14.7 Å². The molecule has 112 valence electrons. The third-order valence-corrected chi connectivity index (χ3v) is 4.54. The van der Waals surface area contributed by atoms with E-state index in [2.05, 4.69) is 28.2 Å². The zero-order chi connectivity index (χ0) is 14.3. The van der Waals surface area contributed by atoms with Crippen LogP contribution in [0.2, 0.25) is 0 Å². The summed E-state index contributed by atoms with van der Waals surface area (Å²) in [5.74, 6) is 2.13. The van der Waals surface area contributed by atoms with E-state index in [0.29, 0.717) is 0 Å². The van der Waals surface area contributed by atoms with Crippen LogP contribution in [0.1, 0.15) is 5.69 Å². The monoisotopic (exact) mass is 303 g/mol. The Kier molecular flexibility index (Phi) is 5.32. The van der Waals surface area contributed by atoms with E-state index in [4.69, 9.17) is 4.74 Å². The highest BCUT2D eigenvalue weighted by molar-refractivity contribution is 7.98. The maximum atomic E-state index is 5.36. The molecule has 1 aromatic carbocycles. The molecular formula is C16H21N3OS. The lowest BCUT2D eigenvalue weighted by Crippen LogP contribution is -2.37. The first-order valence-electron chi connectivity index (χ1n) is 7.40. The van der Waals surface area contributed by atoms with Gasteiger partial charge in [0.25, 0.3) is 0 Å². The fourth-order valence-corrected chi connectivity index (χ4v) is 3.25. The van der Waals surface area contributed by atoms with Crippen molar-refractivity contribution in [2.75, 3.05) is 38.6 Å². The molecule has 1 saturated heterocycles. The molecule has 21 heavy (non-hydrogen) atoms. The Morgan fingerprint density at radius 2 is 1.90 bits per heavy atom. The van der Waals surface area contributed by atoms with Gasteiger partial charge < -0.3 is 4.74 Å². The van der Waals surface area contributed by atoms with E-state index < -0.39 is 0 Å². The minimum atomic E-state index is 0.881. The van der Waals surface area contributed by atoms with Crippen LogP contribution >= 0.6 is 11.8 Å². The summed E-state index contributed by atoms with van der Waals surface area (Å²) < 4.78 is 7.30. The van der Waals surface area contributed by atoms with Gasteiger partial charge >= 0.3 is 0 Å². The summed E-state index contributed by atoms with van der Waals surface area (Å²) in [5, 5.41) is 4.63. The van der Waals surface area contributed by atoms with Gasteiger partial charge in [0.2, 0.25) is 0 Å². The Bertz CT molecular complexity index is 537. The SMILES string of the molecule is c1ccc(-n2ccc(CSCCN3CCOCC3)n2)cc1. The molecule has 0 amide bonds. The van der Waals surface area contributed by atoms with Gasteiger partial charge in [0.05, 0.1) is 24.6 Å². The normalized spacial score (nSPS) is 16.2. The Balaban J connectivity index is 1.42. The average molecular weight is 303 g/mol. The van der Waals surface area contributed by atoms with E-state index >= 15 is 0 Å². The van der Waals surface area contributed by atoms with E-state index in [1.807, 2.05) is 40.8 Å². The van der Waals surface area contributed by atoms with Gasteiger partial charge in [0.15, 0.2) is 0 Å². The highest BCUT2D eigenvalue weighted by atomic mass is 32.2. The van der Waals surface area contributed by atoms with Crippen LogP contribution in [0.15, 0.2) is 42.6 Å². The minimum absolute atomic E-state index is 0.881. The van der Waals surface area contributed by atoms with E-state index in [1.54, 1.807) is 0 Å². The van der Waals surface area contributed by atoms with Crippen LogP contribution in [0.4, 0.5) is 0 Å². The van der Waals surface area contributed by atoms with E-state index in [0.717, 1.165) is 55.7 Å². The van der Waals surface area contributed by atoms with Crippen LogP contribution in [-0.2, 0) is 10.5 Å². The van der Waals surface area contributed by atoms with Crippen molar-refractivity contribution < 1.29 is 4.74 Å². The van der Waals surface area contributed by atoms with Crippen LogP contribution in [0.3, 0.4) is 0 Å². The molecule has 0 saturated carbocycles. The number of thioether (sulfide) groups is 1. The van der Waals surface area contributed by atoms with Crippen molar-refractivity contribution in [2.45, 2.75) is 5.75 Å². The van der Waals surface area contributed by atoms with Gasteiger partial charge in [-0.1, -0.05) is 18.2 Å². The molecule has 0 bridgehead atoms. The first-order chi connectivity index (χ1) is 10.4. The molecule has 1 aliphatic rings. The molecule has 1 aromatic heterocycles. The van der Waals surface area contributed by atoms with Crippen LogP contribution < -0.4 is 0 Å². The summed E-state index contributed by atoms with van der Waals surface area (Å²) in [7, 11) is 0. The number of morpholine rings is 1. The third-order valence-electron chi connectivity index (χ3n) is 3.57. The molecule has 2 aromatic rings. The summed E-state index contributed by atoms with van der Waals surface area (Å²) in [4.78, 5) is 2.47. The van der Waals surface area contributed by atoms with Crippen molar-refractivity contribution in [2.24, 2.45) is 0 Å². The summed E-state index contributed by atoms with van der Waals surface area (Å²) in [6, 6.07) is 12.3. The van der Waals surface area contributed by atoms with Gasteiger partial charge in [-0.05, 0) is 18.2 Å². The number of rotatable bonds is 6. The molecule has 0 aliphatic carbocycles. The number of aromatic nitrogens is 2. The second-order valence-electron chi connectivity index (χ2n) is 5.09. The summed E-state index contributed by atoms with van der Waals surface area (Å²) in [6.45, 7) is 5.05. The maximum absolute atomic E-state index is 5.36. The van der Waals surface area contributed by atoms with Crippen LogP contribution in [-0.4, -0.2) is 53.3 Å². The maximum Gasteiger partial charge on any atom is 0.0727 e. The Labute approximate surface area is 130 Å². The largest absolute Gasteiger partial charge is 0.379 e. The smallest absolute Gasteiger partial charge is 0.0727 e. The van der Waals surface area contributed by atoms with Gasteiger partial charge in [0, 0.05) is 37.3 Å². The second-order valence-corrected chi connectivity index (χ2v) is 6.20. The Morgan fingerprint density at radius 1 is 1.10 bits per heavy atom. The quantitative estimate of drug-likeness (QED) is 0.767. The predicted molar refractivity (Wildman–Crippen MR) is 87.0 cm³/mol. The molecule has 2 heterocycles. The molecule has 1 fully saturated rings. The summed E-state index contributed by atoms with van der Waals surface area (Å²) in [6.07, 6.45) is 2.03. The number of hydrogen-bond acceptors (Lipinski definition) is 4. The first-order valence-corrected chi connectivity index (χ1v) is 8.55. The number of nitrogens with zero attached hydrogens (tertiary/aromatic N) is 3. The van der Waals surface area contributed by atoms with Gasteiger partial charge in [-0.3, -0.25) is 4.90 Å². The third kappa shape index (κ3) is 4.33. The van der Waals surface area contributed by atoms with Gasteiger partial charge in [-0.15, -0.1) is 0 Å². The Hall–Kier alpha value is -1.30. The predicted octanol–water partition coefficient (Wildman–Crippen LogP) is 2.44. The van der Waals surface area contributed by atoms with Crippen molar-refractivity contribution >= 4 is 11.8 Å². The average Bonchev–Trinajstić information content (AvgIpc) is 3.02. The highest BCUT2D eigenvalue weighted by Crippen LogP contribution is 2.13.